The predicted molar refractivity (Wildman–Crippen MR) is 107 cm³/mol. The van der Waals surface area contributed by atoms with Gasteiger partial charge in [0.1, 0.15) is 0 Å². The molecule has 1 heterocycles. The third kappa shape index (κ3) is 5.08. The zero-order chi connectivity index (χ0) is 19.7. The predicted octanol–water partition coefficient (Wildman–Crippen LogP) is 1.46. The first-order valence-electron chi connectivity index (χ1n) is 9.52. The zero-order valence-corrected chi connectivity index (χ0v) is 17.4. The van der Waals surface area contributed by atoms with E-state index in [0.717, 1.165) is 19.6 Å². The van der Waals surface area contributed by atoms with Gasteiger partial charge in [-0.1, -0.05) is 24.3 Å². The van der Waals surface area contributed by atoms with Crippen LogP contribution in [0, 0.1) is 0 Å². The summed E-state index contributed by atoms with van der Waals surface area (Å²) in [5, 5.41) is 20.6. The van der Waals surface area contributed by atoms with E-state index >= 15 is 0 Å². The van der Waals surface area contributed by atoms with Crippen LogP contribution in [0.15, 0.2) is 24.3 Å². The van der Waals surface area contributed by atoms with E-state index in [1.165, 1.54) is 5.56 Å². The Labute approximate surface area is 159 Å². The number of rotatable bonds is 6. The largest absolute Gasteiger partial charge is 0.491 e. The van der Waals surface area contributed by atoms with E-state index in [4.69, 9.17) is 4.65 Å². The first kappa shape index (κ1) is 21.4. The SMILES string of the molecule is C[C@@H]1CN(Cc2ccc(B(O)OC(C)(C)C(C)(C)O)cc2)C[C@H](C)N1C. The van der Waals surface area contributed by atoms with Crippen LogP contribution in [0.5, 0.6) is 0 Å². The Bertz CT molecular complexity index is 574. The highest BCUT2D eigenvalue weighted by molar-refractivity contribution is 6.60. The first-order chi connectivity index (χ1) is 11.9. The van der Waals surface area contributed by atoms with Crippen molar-refractivity contribution in [1.29, 1.82) is 0 Å². The van der Waals surface area contributed by atoms with Gasteiger partial charge in [-0.2, -0.15) is 0 Å². The van der Waals surface area contributed by atoms with Crippen LogP contribution in [-0.4, -0.2) is 70.5 Å². The number of benzene rings is 1. The van der Waals surface area contributed by atoms with Crippen LogP contribution in [0.1, 0.15) is 47.1 Å². The molecule has 1 aliphatic heterocycles. The van der Waals surface area contributed by atoms with Gasteiger partial charge < -0.3 is 14.8 Å². The van der Waals surface area contributed by atoms with Gasteiger partial charge in [-0.05, 0) is 59.6 Å². The molecule has 1 aliphatic rings. The molecule has 5 nitrogen and oxygen atoms in total. The Kier molecular flexibility index (Phi) is 6.57. The second-order valence-corrected chi connectivity index (χ2v) is 8.84. The van der Waals surface area contributed by atoms with E-state index < -0.39 is 18.3 Å². The van der Waals surface area contributed by atoms with Crippen molar-refractivity contribution in [3.63, 3.8) is 0 Å². The van der Waals surface area contributed by atoms with E-state index in [9.17, 15) is 10.1 Å². The van der Waals surface area contributed by atoms with Gasteiger partial charge in [0.25, 0.3) is 0 Å². The highest BCUT2D eigenvalue weighted by Gasteiger charge is 2.39. The fraction of sp³-hybridized carbons (Fsp3) is 0.700. The molecule has 0 amide bonds. The van der Waals surface area contributed by atoms with Crippen LogP contribution in [0.2, 0.25) is 0 Å². The van der Waals surface area contributed by atoms with E-state index in [1.807, 2.05) is 24.3 Å². The van der Waals surface area contributed by atoms with Gasteiger partial charge in [0.05, 0.1) is 11.2 Å². The van der Waals surface area contributed by atoms with Crippen molar-refractivity contribution in [3.05, 3.63) is 29.8 Å². The normalized spacial score (nSPS) is 23.3. The summed E-state index contributed by atoms with van der Waals surface area (Å²) in [6.45, 7) is 14.5. The number of hydrogen-bond acceptors (Lipinski definition) is 5. The van der Waals surface area contributed by atoms with Gasteiger partial charge in [0.2, 0.25) is 0 Å². The second kappa shape index (κ2) is 7.99. The quantitative estimate of drug-likeness (QED) is 0.751. The summed E-state index contributed by atoms with van der Waals surface area (Å²) in [4.78, 5) is 4.91. The van der Waals surface area contributed by atoms with Crippen LogP contribution in [0.25, 0.3) is 0 Å². The fourth-order valence-electron chi connectivity index (χ4n) is 3.18. The van der Waals surface area contributed by atoms with E-state index in [1.54, 1.807) is 27.7 Å². The molecule has 0 bridgehead atoms. The average Bonchev–Trinajstić information content (AvgIpc) is 2.51. The number of hydrogen-bond donors (Lipinski definition) is 2. The molecule has 6 heteroatoms. The molecule has 1 saturated heterocycles. The minimum atomic E-state index is -1.06. The standard InChI is InChI=1S/C20H35BN2O3/c1-15-12-23(13-16(2)22(15)7)14-17-8-10-18(11-9-17)21(25)26-20(5,6)19(3,4)24/h8-11,15-16,24-25H,12-14H2,1-7H3/t15-,16+. The van der Waals surface area contributed by atoms with Crippen LogP contribution < -0.4 is 5.46 Å². The molecule has 2 N–H and O–H groups in total. The summed E-state index contributed by atoms with van der Waals surface area (Å²) < 4.78 is 5.71. The molecule has 0 radical (unpaired) electrons. The Hall–Kier alpha value is -0.915. The fourth-order valence-corrected chi connectivity index (χ4v) is 3.18. The molecule has 2 atom stereocenters. The summed E-state index contributed by atoms with van der Waals surface area (Å²) in [5.41, 5.74) is 0.0118. The van der Waals surface area contributed by atoms with Crippen molar-refractivity contribution in [2.45, 2.75) is 71.4 Å². The highest BCUT2D eigenvalue weighted by atomic mass is 16.5. The first-order valence-corrected chi connectivity index (χ1v) is 9.52. The number of aliphatic hydroxyl groups is 1. The Morgan fingerprint density at radius 2 is 1.58 bits per heavy atom. The van der Waals surface area contributed by atoms with Crippen molar-refractivity contribution in [1.82, 2.24) is 9.80 Å². The van der Waals surface area contributed by atoms with Crippen LogP contribution in [0.3, 0.4) is 0 Å². The molecule has 1 aromatic carbocycles. The minimum absolute atomic E-state index is 0.553. The number of nitrogens with zero attached hydrogens (tertiary/aromatic N) is 2. The molecule has 2 rings (SSSR count). The summed E-state index contributed by atoms with van der Waals surface area (Å²) in [6, 6.07) is 9.01. The van der Waals surface area contributed by atoms with Crippen molar-refractivity contribution >= 4 is 12.6 Å². The topological polar surface area (TPSA) is 56.2 Å². The molecule has 1 aromatic rings. The van der Waals surface area contributed by atoms with Crippen LogP contribution >= 0.6 is 0 Å². The third-order valence-electron chi connectivity index (χ3n) is 5.99. The molecule has 0 spiro atoms. The van der Waals surface area contributed by atoms with Gasteiger partial charge >= 0.3 is 7.12 Å². The van der Waals surface area contributed by atoms with E-state index in [0.29, 0.717) is 17.5 Å². The highest BCUT2D eigenvalue weighted by Crippen LogP contribution is 2.25. The van der Waals surface area contributed by atoms with Gasteiger partial charge in [-0.25, -0.2) is 0 Å². The number of piperazine rings is 1. The van der Waals surface area contributed by atoms with Crippen molar-refractivity contribution in [2.24, 2.45) is 0 Å². The maximum atomic E-state index is 10.4. The Morgan fingerprint density at radius 3 is 2.04 bits per heavy atom. The maximum Gasteiger partial charge on any atom is 0.491 e. The summed E-state index contributed by atoms with van der Waals surface area (Å²) >= 11 is 0. The summed E-state index contributed by atoms with van der Waals surface area (Å²) in [5.74, 6) is 0. The van der Waals surface area contributed by atoms with Crippen molar-refractivity contribution in [3.8, 4) is 0 Å². The Balaban J connectivity index is 1.98. The van der Waals surface area contributed by atoms with Crippen LogP contribution in [0.4, 0.5) is 0 Å². The summed E-state index contributed by atoms with van der Waals surface area (Å²) in [6.07, 6.45) is 0. The van der Waals surface area contributed by atoms with Crippen molar-refractivity contribution < 1.29 is 14.8 Å². The lowest BCUT2D eigenvalue weighted by molar-refractivity contribution is -0.0982. The van der Waals surface area contributed by atoms with Gasteiger partial charge in [0, 0.05) is 31.7 Å². The van der Waals surface area contributed by atoms with E-state index in [2.05, 4.69) is 30.7 Å². The molecule has 1 fully saturated rings. The van der Waals surface area contributed by atoms with Gasteiger partial charge in [-0.15, -0.1) is 0 Å². The summed E-state index contributed by atoms with van der Waals surface area (Å²) in [7, 11) is 1.13. The maximum absolute atomic E-state index is 10.4. The number of likely N-dealkylation sites (N-methyl/N-ethyl adjacent to an activating group) is 1. The lowest BCUT2D eigenvalue weighted by Crippen LogP contribution is -2.54. The second-order valence-electron chi connectivity index (χ2n) is 8.84. The molecule has 0 unspecified atom stereocenters. The molecule has 0 aliphatic carbocycles. The molecule has 26 heavy (non-hydrogen) atoms. The zero-order valence-electron chi connectivity index (χ0n) is 17.4. The van der Waals surface area contributed by atoms with Gasteiger partial charge in [-0.3, -0.25) is 9.80 Å². The molecular weight excluding hydrogens is 327 g/mol. The molecule has 0 aromatic heterocycles. The monoisotopic (exact) mass is 362 g/mol. The molecule has 0 saturated carbocycles. The smallest absolute Gasteiger partial charge is 0.423 e. The minimum Gasteiger partial charge on any atom is -0.423 e. The average molecular weight is 362 g/mol. The van der Waals surface area contributed by atoms with Gasteiger partial charge in [0.15, 0.2) is 0 Å². The molecular formula is C20H35BN2O3. The third-order valence-corrected chi connectivity index (χ3v) is 5.99. The lowest BCUT2D eigenvalue weighted by Gasteiger charge is -2.42. The van der Waals surface area contributed by atoms with E-state index in [-0.39, 0.29) is 0 Å². The molecule has 146 valence electrons. The Morgan fingerprint density at radius 1 is 1.08 bits per heavy atom. The van der Waals surface area contributed by atoms with Crippen molar-refractivity contribution in [2.75, 3.05) is 20.1 Å². The lowest BCUT2D eigenvalue weighted by atomic mass is 9.76. The van der Waals surface area contributed by atoms with Crippen LogP contribution in [-0.2, 0) is 11.2 Å².